The number of rotatable bonds is 5. The maximum Gasteiger partial charge on any atom is 0.240 e. The van der Waals surface area contributed by atoms with Crippen LogP contribution in [0.3, 0.4) is 0 Å². The van der Waals surface area contributed by atoms with Crippen LogP contribution >= 0.6 is 0 Å². The van der Waals surface area contributed by atoms with Gasteiger partial charge in [0.05, 0.1) is 18.3 Å². The normalized spacial score (nSPS) is 21.5. The van der Waals surface area contributed by atoms with Crippen molar-refractivity contribution < 1.29 is 9.16 Å². The van der Waals surface area contributed by atoms with Gasteiger partial charge in [-0.15, -0.1) is 0 Å². The molecule has 2 aromatic carbocycles. The predicted molar refractivity (Wildman–Crippen MR) is 107 cm³/mol. The van der Waals surface area contributed by atoms with E-state index >= 15 is 0 Å². The first-order valence-corrected chi connectivity index (χ1v) is 10.9. The van der Waals surface area contributed by atoms with Crippen molar-refractivity contribution in [3.05, 3.63) is 60.7 Å². The summed E-state index contributed by atoms with van der Waals surface area (Å²) in [6.45, 7) is 6.59. The van der Waals surface area contributed by atoms with Crippen molar-refractivity contribution in [1.29, 1.82) is 5.26 Å². The molecule has 136 valence electrons. The Hall–Kier alpha value is -1.93. The number of benzene rings is 2. The van der Waals surface area contributed by atoms with Crippen LogP contribution < -0.4 is 10.4 Å². The Bertz CT molecular complexity index is 697. The summed E-state index contributed by atoms with van der Waals surface area (Å²) < 4.78 is 12.9. The zero-order chi connectivity index (χ0) is 18.6. The largest absolute Gasteiger partial charge is 0.405 e. The lowest BCUT2D eigenvalue weighted by atomic mass is 9.85. The van der Waals surface area contributed by atoms with Gasteiger partial charge in [0, 0.05) is 0 Å². The summed E-state index contributed by atoms with van der Waals surface area (Å²) in [6.07, 6.45) is 1.30. The van der Waals surface area contributed by atoms with Gasteiger partial charge in [-0.3, -0.25) is 0 Å². The number of nitrogens with zero attached hydrogens (tertiary/aromatic N) is 1. The van der Waals surface area contributed by atoms with E-state index in [9.17, 15) is 5.26 Å². The second-order valence-electron chi connectivity index (χ2n) is 7.99. The Kier molecular flexibility index (Phi) is 5.93. The Morgan fingerprint density at radius 2 is 1.54 bits per heavy atom. The van der Waals surface area contributed by atoms with Gasteiger partial charge >= 0.3 is 0 Å². The van der Waals surface area contributed by atoms with Crippen LogP contribution in [0.25, 0.3) is 0 Å². The number of ether oxygens (including phenoxy) is 1. The zero-order valence-electron chi connectivity index (χ0n) is 15.8. The molecule has 2 aromatic rings. The van der Waals surface area contributed by atoms with Crippen LogP contribution in [0.1, 0.15) is 33.6 Å². The summed E-state index contributed by atoms with van der Waals surface area (Å²) in [5.74, 6) is 0. The SMILES string of the molecule is CC(C)(C)C(O[SiH](c1ccccc1)c1ccccc1)C1CCC(C#N)O1. The first kappa shape index (κ1) is 18.8. The van der Waals surface area contributed by atoms with Crippen molar-refractivity contribution in [1.82, 2.24) is 0 Å². The second-order valence-corrected chi connectivity index (χ2v) is 10.4. The second kappa shape index (κ2) is 8.18. The van der Waals surface area contributed by atoms with Crippen molar-refractivity contribution in [3.8, 4) is 6.07 Å². The van der Waals surface area contributed by atoms with Gasteiger partial charge < -0.3 is 9.16 Å². The van der Waals surface area contributed by atoms with Crippen LogP contribution in [0.4, 0.5) is 0 Å². The van der Waals surface area contributed by atoms with Gasteiger partial charge in [-0.1, -0.05) is 81.4 Å². The highest BCUT2D eigenvalue weighted by molar-refractivity contribution is 6.80. The molecule has 1 fully saturated rings. The molecule has 0 N–H and O–H groups in total. The van der Waals surface area contributed by atoms with Gasteiger partial charge in [0.25, 0.3) is 0 Å². The molecule has 3 unspecified atom stereocenters. The van der Waals surface area contributed by atoms with Crippen molar-refractivity contribution >= 4 is 19.4 Å². The summed E-state index contributed by atoms with van der Waals surface area (Å²) in [4.78, 5) is 0. The monoisotopic (exact) mass is 365 g/mol. The Balaban J connectivity index is 1.92. The molecule has 3 nitrogen and oxygen atoms in total. The predicted octanol–water partition coefficient (Wildman–Crippen LogP) is 3.03. The smallest absolute Gasteiger partial charge is 0.240 e. The molecule has 3 atom stereocenters. The zero-order valence-corrected chi connectivity index (χ0v) is 16.9. The van der Waals surface area contributed by atoms with Gasteiger partial charge in [-0.05, 0) is 28.6 Å². The molecule has 4 heteroatoms. The maximum absolute atomic E-state index is 9.20. The quantitative estimate of drug-likeness (QED) is 0.765. The first-order chi connectivity index (χ1) is 12.5. The lowest BCUT2D eigenvalue weighted by Gasteiger charge is -2.37. The van der Waals surface area contributed by atoms with Gasteiger partial charge in [0.15, 0.2) is 0 Å². The number of nitriles is 1. The van der Waals surface area contributed by atoms with Gasteiger partial charge in [0.1, 0.15) is 6.10 Å². The minimum Gasteiger partial charge on any atom is -0.405 e. The van der Waals surface area contributed by atoms with E-state index in [1.165, 1.54) is 10.4 Å². The molecule has 0 bridgehead atoms. The number of hydrogen-bond donors (Lipinski definition) is 0. The minimum atomic E-state index is -1.86. The van der Waals surface area contributed by atoms with Crippen LogP contribution in [-0.2, 0) is 9.16 Å². The molecule has 0 amide bonds. The van der Waals surface area contributed by atoms with Crippen LogP contribution in [0, 0.1) is 16.7 Å². The Morgan fingerprint density at radius 3 is 1.96 bits per heavy atom. The number of hydrogen-bond acceptors (Lipinski definition) is 3. The van der Waals surface area contributed by atoms with Crippen molar-refractivity contribution in [2.75, 3.05) is 0 Å². The topological polar surface area (TPSA) is 42.2 Å². The van der Waals surface area contributed by atoms with Crippen LogP contribution in [0.5, 0.6) is 0 Å². The van der Waals surface area contributed by atoms with Crippen LogP contribution in [-0.4, -0.2) is 27.4 Å². The Labute approximate surface area is 158 Å². The molecule has 0 radical (unpaired) electrons. The highest BCUT2D eigenvalue weighted by atomic mass is 28.3. The minimum absolute atomic E-state index is 0.0259. The van der Waals surface area contributed by atoms with E-state index in [0.717, 1.165) is 12.8 Å². The van der Waals surface area contributed by atoms with E-state index in [1.807, 2.05) is 12.1 Å². The van der Waals surface area contributed by atoms with Gasteiger partial charge in [0.2, 0.25) is 9.04 Å². The fourth-order valence-corrected chi connectivity index (χ4v) is 6.30. The Morgan fingerprint density at radius 1 is 1.00 bits per heavy atom. The third-order valence-electron chi connectivity index (χ3n) is 4.87. The van der Waals surface area contributed by atoms with Crippen LogP contribution in [0.15, 0.2) is 60.7 Å². The van der Waals surface area contributed by atoms with Crippen molar-refractivity contribution in [2.24, 2.45) is 5.41 Å². The van der Waals surface area contributed by atoms with Crippen molar-refractivity contribution in [2.45, 2.75) is 51.9 Å². The molecular formula is C22H27NO2Si. The molecule has 0 saturated carbocycles. The molecule has 0 spiro atoms. The highest BCUT2D eigenvalue weighted by Crippen LogP contribution is 2.33. The lowest BCUT2D eigenvalue weighted by Crippen LogP contribution is -2.52. The van der Waals surface area contributed by atoms with Crippen LogP contribution in [0.2, 0.25) is 0 Å². The molecule has 3 rings (SSSR count). The van der Waals surface area contributed by atoms with Gasteiger partial charge in [-0.2, -0.15) is 5.26 Å². The molecule has 0 aliphatic carbocycles. The third-order valence-corrected chi connectivity index (χ3v) is 7.42. The van der Waals surface area contributed by atoms with E-state index in [1.54, 1.807) is 0 Å². The average Bonchev–Trinajstić information content (AvgIpc) is 3.11. The van der Waals surface area contributed by atoms with E-state index in [0.29, 0.717) is 0 Å². The summed E-state index contributed by atoms with van der Waals surface area (Å²) >= 11 is 0. The summed E-state index contributed by atoms with van der Waals surface area (Å²) in [5, 5.41) is 11.7. The molecule has 1 saturated heterocycles. The fraction of sp³-hybridized carbons (Fsp3) is 0.409. The van der Waals surface area contributed by atoms with E-state index in [4.69, 9.17) is 9.16 Å². The van der Waals surface area contributed by atoms with Gasteiger partial charge in [-0.25, -0.2) is 0 Å². The summed E-state index contributed by atoms with van der Waals surface area (Å²) in [7, 11) is -1.86. The highest BCUT2D eigenvalue weighted by Gasteiger charge is 2.40. The maximum atomic E-state index is 9.20. The standard InChI is InChI=1S/C22H27NO2Si/c1-22(2,3)21(20-15-14-17(16-23)24-20)25-26(18-10-6-4-7-11-18)19-12-8-5-9-13-19/h4-13,17,20-21,26H,14-15H2,1-3H3. The summed E-state index contributed by atoms with van der Waals surface area (Å²) in [6, 6.07) is 23.3. The summed E-state index contributed by atoms with van der Waals surface area (Å²) in [5.41, 5.74) is -0.0657. The fourth-order valence-electron chi connectivity index (χ4n) is 3.58. The molecule has 0 aromatic heterocycles. The molecular weight excluding hydrogens is 338 g/mol. The first-order valence-electron chi connectivity index (χ1n) is 9.29. The average molecular weight is 366 g/mol. The lowest BCUT2D eigenvalue weighted by molar-refractivity contribution is -0.0527. The van der Waals surface area contributed by atoms with Crippen molar-refractivity contribution in [3.63, 3.8) is 0 Å². The van der Waals surface area contributed by atoms with E-state index in [-0.39, 0.29) is 23.7 Å². The molecule has 1 aliphatic rings. The van der Waals surface area contributed by atoms with E-state index < -0.39 is 9.04 Å². The molecule has 1 aliphatic heterocycles. The third kappa shape index (κ3) is 4.42. The molecule has 1 heterocycles. The molecule has 26 heavy (non-hydrogen) atoms. The van der Waals surface area contributed by atoms with E-state index in [2.05, 4.69) is 75.4 Å².